The van der Waals surface area contributed by atoms with Crippen LogP contribution < -0.4 is 5.56 Å². The molecule has 0 saturated heterocycles. The third-order valence-corrected chi connectivity index (χ3v) is 5.56. The van der Waals surface area contributed by atoms with Gasteiger partial charge in [0.1, 0.15) is 16.5 Å². The Labute approximate surface area is 177 Å². The number of benzene rings is 2. The van der Waals surface area contributed by atoms with Crippen molar-refractivity contribution >= 4 is 10.7 Å². The number of nitrogens with zero attached hydrogens (tertiary/aromatic N) is 2. The Balaban J connectivity index is 2.04. The minimum Gasteiger partial charge on any atom is -0.267 e. The van der Waals surface area contributed by atoms with E-state index in [1.165, 1.54) is 28.9 Å². The molecule has 0 unspecified atom stereocenters. The average molecular weight is 429 g/mol. The molecule has 0 N–H and O–H groups in total. The van der Waals surface area contributed by atoms with Crippen LogP contribution in [0.2, 0.25) is 0 Å². The zero-order valence-corrected chi connectivity index (χ0v) is 17.9. The van der Waals surface area contributed by atoms with Gasteiger partial charge in [0, 0.05) is 11.1 Å². The first-order chi connectivity index (χ1) is 14.3. The Morgan fingerprint density at radius 2 is 1.70 bits per heavy atom. The third-order valence-electron chi connectivity index (χ3n) is 4.93. The summed E-state index contributed by atoms with van der Waals surface area (Å²) in [7, 11) is -2.49. The predicted molar refractivity (Wildman–Crippen MR) is 117 cm³/mol. The van der Waals surface area contributed by atoms with E-state index in [-0.39, 0.29) is 17.1 Å². The maximum absolute atomic E-state index is 13.3. The van der Waals surface area contributed by atoms with Gasteiger partial charge in [0.05, 0.1) is 17.6 Å². The molecule has 0 bridgehead atoms. The summed E-state index contributed by atoms with van der Waals surface area (Å²) < 4.78 is 36.5. The lowest BCUT2D eigenvalue weighted by Crippen LogP contribution is -2.25. The van der Waals surface area contributed by atoms with Crippen LogP contribution in [0, 0.1) is 11.7 Å². The highest BCUT2D eigenvalue weighted by Gasteiger charge is 2.15. The van der Waals surface area contributed by atoms with Crippen molar-refractivity contribution in [2.45, 2.75) is 38.9 Å². The van der Waals surface area contributed by atoms with Crippen molar-refractivity contribution in [3.63, 3.8) is 0 Å². The zero-order valence-electron chi connectivity index (χ0n) is 17.0. The van der Waals surface area contributed by atoms with E-state index in [4.69, 9.17) is 0 Å². The van der Waals surface area contributed by atoms with Crippen molar-refractivity contribution in [3.8, 4) is 16.8 Å². The van der Waals surface area contributed by atoms with Crippen LogP contribution in [-0.2, 0) is 22.9 Å². The summed E-state index contributed by atoms with van der Waals surface area (Å²) in [5.74, 6) is 0.143. The lowest BCUT2D eigenvalue weighted by atomic mass is 9.96. The summed E-state index contributed by atoms with van der Waals surface area (Å²) in [6.07, 6.45) is 4.11. The average Bonchev–Trinajstić information content (AvgIpc) is 2.70. The van der Waals surface area contributed by atoms with Crippen LogP contribution in [-0.4, -0.2) is 18.2 Å². The van der Waals surface area contributed by atoms with Crippen molar-refractivity contribution in [1.82, 2.24) is 9.78 Å². The molecule has 1 aromatic heterocycles. The van der Waals surface area contributed by atoms with E-state index in [9.17, 15) is 17.6 Å². The van der Waals surface area contributed by atoms with Crippen LogP contribution in [0.1, 0.15) is 37.8 Å². The Morgan fingerprint density at radius 3 is 2.30 bits per heavy atom. The molecular weight excluding hydrogens is 403 g/mol. The minimum absolute atomic E-state index is 0.0126. The van der Waals surface area contributed by atoms with E-state index in [0.29, 0.717) is 29.2 Å². The van der Waals surface area contributed by atoms with Crippen LogP contribution in [0.4, 0.5) is 4.39 Å². The van der Waals surface area contributed by atoms with Crippen molar-refractivity contribution < 1.29 is 12.8 Å². The van der Waals surface area contributed by atoms with Gasteiger partial charge in [-0.25, -0.2) is 12.8 Å². The summed E-state index contributed by atoms with van der Waals surface area (Å²) in [5.41, 5.74) is 3.18. The van der Waals surface area contributed by atoms with Crippen LogP contribution in [0.15, 0.2) is 59.5 Å². The van der Waals surface area contributed by atoms with Gasteiger partial charge in [0.2, 0.25) is 0 Å². The van der Waals surface area contributed by atoms with E-state index in [2.05, 4.69) is 18.9 Å². The van der Waals surface area contributed by atoms with Crippen LogP contribution in [0.25, 0.3) is 16.8 Å². The highest BCUT2D eigenvalue weighted by atomic mass is 32.2. The van der Waals surface area contributed by atoms with Gasteiger partial charge in [-0.15, -0.1) is 0 Å². The number of aromatic nitrogens is 2. The molecule has 0 radical (unpaired) electrons. The van der Waals surface area contributed by atoms with Crippen molar-refractivity contribution in [3.05, 3.63) is 82.0 Å². The maximum Gasteiger partial charge on any atom is 0.275 e. The lowest BCUT2D eigenvalue weighted by Gasteiger charge is -2.13. The monoisotopic (exact) mass is 428 g/mol. The maximum atomic E-state index is 13.3. The van der Waals surface area contributed by atoms with Gasteiger partial charge >= 0.3 is 0 Å². The molecule has 0 atom stereocenters. The van der Waals surface area contributed by atoms with E-state index >= 15 is 0 Å². The molecular formula is C23H25FN2O3S. The number of hydrogen-bond donors (Lipinski definition) is 1. The molecule has 0 amide bonds. The molecule has 158 valence electrons. The first-order valence-corrected chi connectivity index (χ1v) is 11.3. The van der Waals surface area contributed by atoms with Gasteiger partial charge in [-0.05, 0) is 54.2 Å². The molecule has 3 aromatic rings. The zero-order chi connectivity index (χ0) is 21.7. The van der Waals surface area contributed by atoms with Gasteiger partial charge in [0.25, 0.3) is 5.56 Å². The standard InChI is InChI=1S/C23H25FN2O3S/c1-16(2)4-3-5-21-22(18-8-6-17(7-9-18)15-30(28)29)14-25-26(23(21)27)20-12-10-19(24)11-13-20/h6-14,16,30H,3-5,15H2,1-2H3. The normalized spacial score (nSPS) is 11.4. The van der Waals surface area contributed by atoms with Crippen molar-refractivity contribution in [2.24, 2.45) is 5.92 Å². The summed E-state index contributed by atoms with van der Waals surface area (Å²) in [5, 5.41) is 4.31. The molecule has 0 aliphatic rings. The van der Waals surface area contributed by atoms with Crippen LogP contribution >= 0.6 is 0 Å². The molecule has 7 heteroatoms. The minimum atomic E-state index is -2.49. The molecule has 5 nitrogen and oxygen atoms in total. The van der Waals surface area contributed by atoms with Crippen molar-refractivity contribution in [2.75, 3.05) is 0 Å². The van der Waals surface area contributed by atoms with E-state index in [0.717, 1.165) is 24.0 Å². The molecule has 30 heavy (non-hydrogen) atoms. The summed E-state index contributed by atoms with van der Waals surface area (Å²) in [6, 6.07) is 12.8. The largest absolute Gasteiger partial charge is 0.275 e. The topological polar surface area (TPSA) is 69.0 Å². The molecule has 2 aromatic carbocycles. The molecule has 1 heterocycles. The number of thiol groups is 1. The molecule has 0 saturated carbocycles. The first-order valence-electron chi connectivity index (χ1n) is 9.93. The van der Waals surface area contributed by atoms with Gasteiger partial charge in [-0.2, -0.15) is 9.78 Å². The van der Waals surface area contributed by atoms with Gasteiger partial charge < -0.3 is 0 Å². The highest BCUT2D eigenvalue weighted by Crippen LogP contribution is 2.24. The lowest BCUT2D eigenvalue weighted by molar-refractivity contribution is 0.553. The van der Waals surface area contributed by atoms with E-state index < -0.39 is 10.7 Å². The Hall–Kier alpha value is -2.80. The fourth-order valence-electron chi connectivity index (χ4n) is 3.37. The smallest absolute Gasteiger partial charge is 0.267 e. The second-order valence-electron chi connectivity index (χ2n) is 7.70. The third kappa shape index (κ3) is 5.42. The second kappa shape index (κ2) is 9.80. The second-order valence-corrected chi connectivity index (χ2v) is 8.69. The predicted octanol–water partition coefficient (Wildman–Crippen LogP) is 4.13. The van der Waals surface area contributed by atoms with Crippen LogP contribution in [0.3, 0.4) is 0 Å². The fourth-order valence-corrected chi connectivity index (χ4v) is 3.88. The Morgan fingerprint density at radius 1 is 1.03 bits per heavy atom. The number of halogens is 1. The Kier molecular flexibility index (Phi) is 7.15. The molecule has 0 aliphatic heterocycles. The SMILES string of the molecule is CC(C)CCCc1c(-c2ccc(C[SH](=O)=O)cc2)cnn(-c2ccc(F)cc2)c1=O. The highest BCUT2D eigenvalue weighted by molar-refractivity contribution is 7.71. The molecule has 3 rings (SSSR count). The Bertz CT molecular complexity index is 1130. The molecule has 0 spiro atoms. The molecule has 0 aliphatic carbocycles. The number of rotatable bonds is 8. The summed E-state index contributed by atoms with van der Waals surface area (Å²) >= 11 is 0. The van der Waals surface area contributed by atoms with E-state index in [1.54, 1.807) is 18.3 Å². The van der Waals surface area contributed by atoms with Gasteiger partial charge in [-0.3, -0.25) is 4.79 Å². The fraction of sp³-hybridized carbons (Fsp3) is 0.304. The first kappa shape index (κ1) is 21.9. The van der Waals surface area contributed by atoms with Crippen molar-refractivity contribution in [1.29, 1.82) is 0 Å². The quantitative estimate of drug-likeness (QED) is 0.548. The van der Waals surface area contributed by atoms with Gasteiger partial charge in [-0.1, -0.05) is 44.5 Å². The van der Waals surface area contributed by atoms with E-state index in [1.807, 2.05) is 12.1 Å². The summed E-state index contributed by atoms with van der Waals surface area (Å²) in [4.78, 5) is 13.3. The van der Waals surface area contributed by atoms with Crippen LogP contribution in [0.5, 0.6) is 0 Å². The molecule has 0 fully saturated rings. The number of hydrogen-bond acceptors (Lipinski definition) is 4. The van der Waals surface area contributed by atoms with Gasteiger partial charge in [0.15, 0.2) is 0 Å². The summed E-state index contributed by atoms with van der Waals surface area (Å²) in [6.45, 7) is 4.29.